The Morgan fingerprint density at radius 3 is 1.22 bits per heavy atom. The molecule has 0 spiro atoms. The van der Waals surface area contributed by atoms with Crippen LogP contribution < -0.4 is 31.0 Å². The average molecular weight is 1590 g/mol. The molecule has 0 saturated carbocycles. The number of nitrogens with two attached hydrogens (primary N) is 2. The van der Waals surface area contributed by atoms with Crippen molar-refractivity contribution in [3.05, 3.63) is 261 Å². The number of phenolic OH excluding ortho intramolecular Hbond substituents is 1. The van der Waals surface area contributed by atoms with Gasteiger partial charge >= 0.3 is 36.7 Å². The van der Waals surface area contributed by atoms with E-state index in [4.69, 9.17) is 63.6 Å². The van der Waals surface area contributed by atoms with Crippen LogP contribution in [0.25, 0.3) is 0 Å². The molecule has 0 aliphatic heterocycles. The molecule has 10 N–H and O–H groups in total. The second kappa shape index (κ2) is 57.6. The van der Waals surface area contributed by atoms with E-state index in [9.17, 15) is 20.2 Å². The molecule has 2 radical (unpaired) electrons. The second-order valence-corrected chi connectivity index (χ2v) is 25.1. The molecule has 1 unspecified atom stereocenters. The van der Waals surface area contributed by atoms with Gasteiger partial charge in [-0.25, -0.2) is 0 Å². The number of unbranched alkanes of at least 4 members (excludes halogenated alkanes) is 8. The Morgan fingerprint density at radius 2 is 0.879 bits per heavy atom. The van der Waals surface area contributed by atoms with Gasteiger partial charge in [0.1, 0.15) is 23.0 Å². The van der Waals surface area contributed by atoms with Crippen molar-refractivity contribution in [2.75, 3.05) is 41.1 Å². The topological polar surface area (TPSA) is 261 Å². The van der Waals surface area contributed by atoms with E-state index in [-0.39, 0.29) is 33.2 Å². The van der Waals surface area contributed by atoms with Crippen LogP contribution in [0.5, 0.6) is 23.0 Å². The van der Waals surface area contributed by atoms with Crippen LogP contribution in [0.4, 0.5) is 22.7 Å². The zero-order chi connectivity index (χ0) is 66.4. The van der Waals surface area contributed by atoms with Gasteiger partial charge in [0.2, 0.25) is 0 Å². The molecule has 0 heterocycles. The fraction of sp³-hybridized carbons (Fsp3) is 0.300. The van der Waals surface area contributed by atoms with Gasteiger partial charge in [0.05, 0.1) is 41.8 Å². The molecule has 0 aromatic heterocycles. The van der Waals surface area contributed by atoms with E-state index < -0.39 is 33.6 Å². The van der Waals surface area contributed by atoms with Crippen LogP contribution in [-0.4, -0.2) is 79.9 Å². The number of anilines is 2. The van der Waals surface area contributed by atoms with Gasteiger partial charge in [-0.3, -0.25) is 20.2 Å². The fourth-order valence-corrected chi connectivity index (χ4v) is 8.79. The third-order valence-electron chi connectivity index (χ3n) is 12.6. The van der Waals surface area contributed by atoms with Crippen molar-refractivity contribution in [3.8, 4) is 23.0 Å². The van der Waals surface area contributed by atoms with E-state index in [0.717, 1.165) is 98.9 Å². The average Bonchev–Trinajstić information content (AvgIpc) is 2.94. The number of benzene rings is 8. The number of nitrogens with one attached hydrogen (secondary N) is 1. The SMILES string of the molecule is BrCCCCCc1ccccc1.NC(=S)Nc1cccc(OCCCCCc2ccccc2)c1.Nc1cccc(OCCCCCc2ccccc2)c1.O.O.O=[N+]([O-])c1cccc(O)c1.O=[N+]([O-])c1cccc(OCCCCCc2ccccc2)c1.[2H]C([3H])I.[Cl][Sn][Cl]. The Balaban J connectivity index is 0.00000113. The third-order valence-corrected chi connectivity index (χ3v) is 13.3. The maximum atomic E-state index is 10.7. The number of nitrogen functional groups attached to an aromatic ring is 1. The van der Waals surface area contributed by atoms with E-state index >= 15 is 0 Å². The van der Waals surface area contributed by atoms with Gasteiger partial charge < -0.3 is 47.1 Å². The van der Waals surface area contributed by atoms with Crippen LogP contribution in [0.15, 0.2) is 218 Å². The van der Waals surface area contributed by atoms with E-state index in [1.54, 1.807) is 34.7 Å². The standard InChI is InChI=1S/C18H22N2OS.C17H19NO3.C17H21NO.C11H15Br.C6H5NO3.CH3I.2ClH.2H2O.Sn/c19-18(22)20-16-11-7-12-17(14-16)21-13-6-2-5-10-15-8-3-1-4-9-15;19-18(20)16-11-7-12-17(14-16)21-13-6-2-5-10-15-8-3-1-4-9-15;18-16-11-7-12-17(14-16)19-13-6-2-5-10-15-8-3-1-4-9-15;12-10-6-2-5-9-11-7-3-1-4-8-11;8-6-3-1-2-5(4-6)7(9)10;1-2;;;;;/h1,3-4,7-9,11-12,14H,2,5-6,10,13H2,(H3,19,20,22);1,3-4,7-9,11-12,14H,2,5-6,10,13H2;1,3-4,7-9,11-12,14H,2,5-6,10,13,18H2;1,3-4,7-8H,2,5-6,9-10H2;1-4,8H;1H3;2*1H;2*1H2;/q;;;;;;;;;;+2/p-2/i;;;;;1TD;;;;;. The molecule has 8 aromatic carbocycles. The number of non-ortho nitro benzene ring substituents is 2. The van der Waals surface area contributed by atoms with E-state index in [1.165, 1.54) is 104 Å². The van der Waals surface area contributed by atoms with Crippen LogP contribution in [-0.2, 0) is 25.7 Å². The second-order valence-electron chi connectivity index (χ2n) is 19.6. The molecule has 1 atom stereocenters. The van der Waals surface area contributed by atoms with Gasteiger partial charge in [0.25, 0.3) is 11.4 Å². The van der Waals surface area contributed by atoms with Crippen LogP contribution >= 0.6 is 68.6 Å². The molecule has 492 valence electrons. The van der Waals surface area contributed by atoms with Crippen molar-refractivity contribution in [2.24, 2.45) is 5.73 Å². The summed E-state index contributed by atoms with van der Waals surface area (Å²) in [6.45, 7) is 2.08. The number of nitrogens with zero attached hydrogens (tertiary/aromatic N) is 2. The summed E-state index contributed by atoms with van der Waals surface area (Å²) in [5.41, 5.74) is 18.4. The van der Waals surface area contributed by atoms with Crippen LogP contribution in [0.1, 0.15) is 102 Å². The van der Waals surface area contributed by atoms with Crippen molar-refractivity contribution in [1.82, 2.24) is 0 Å². The van der Waals surface area contributed by atoms with Gasteiger partial charge in [-0.05, 0) is 172 Å². The normalized spacial score (nSPS) is 10.2. The Morgan fingerprint density at radius 1 is 0.549 bits per heavy atom. The summed E-state index contributed by atoms with van der Waals surface area (Å²) in [5, 5.41) is 33.8. The van der Waals surface area contributed by atoms with Crippen LogP contribution in [0.3, 0.4) is 0 Å². The number of rotatable bonds is 29. The number of nitro benzene ring substituents is 2. The molecular weight excluding hydrogens is 1500 g/mol. The van der Waals surface area contributed by atoms with Gasteiger partial charge in [0, 0.05) is 43.7 Å². The molecule has 0 aliphatic carbocycles. The fourth-order valence-electron chi connectivity index (χ4n) is 8.28. The third kappa shape index (κ3) is 45.6. The first-order valence-corrected chi connectivity index (χ1v) is 39.4. The van der Waals surface area contributed by atoms with Crippen molar-refractivity contribution in [1.29, 1.82) is 0 Å². The minimum absolute atomic E-state index is 0. The first-order valence-electron chi connectivity index (χ1n) is 30.5. The molecule has 8 rings (SSSR count). The molecule has 21 heteroatoms. The van der Waals surface area contributed by atoms with Gasteiger partial charge in [-0.1, -0.05) is 191 Å². The Kier molecular flexibility index (Phi) is 51.2. The molecule has 0 saturated heterocycles. The van der Waals surface area contributed by atoms with Gasteiger partial charge in [-0.2, -0.15) is 0 Å². The Bertz CT molecular complexity index is 3140. The predicted molar refractivity (Wildman–Crippen MR) is 396 cm³/mol. The van der Waals surface area contributed by atoms with E-state index in [2.05, 4.69) is 137 Å². The maximum absolute atomic E-state index is 10.7. The van der Waals surface area contributed by atoms with E-state index in [1.807, 2.05) is 54.6 Å². The number of phenols is 1. The molecule has 0 fully saturated rings. The zero-order valence-electron chi connectivity index (χ0n) is 53.3. The minimum atomic E-state index is -0.826. The number of ether oxygens (including phenoxy) is 3. The van der Waals surface area contributed by atoms with E-state index in [0.29, 0.717) is 12.4 Å². The molecular formula is C70H89BrCl2IN5O10SSn. The quantitative estimate of drug-likeness (QED) is 0.00499. The summed E-state index contributed by atoms with van der Waals surface area (Å²) in [7, 11) is 9.87. The summed E-state index contributed by atoms with van der Waals surface area (Å²) < 4.78 is 29.4. The molecule has 8 aromatic rings. The number of aryl methyl sites for hydroxylation is 4. The number of alkyl halides is 2. The number of thiocarbonyl (C=S) groups is 1. The number of aromatic hydroxyl groups is 1. The van der Waals surface area contributed by atoms with Gasteiger partial charge in [0.15, 0.2) is 5.11 Å². The first kappa shape index (κ1) is 80.9. The zero-order valence-corrected chi connectivity index (χ0v) is 60.2. The predicted octanol–water partition coefficient (Wildman–Crippen LogP) is 18.1. The van der Waals surface area contributed by atoms with Crippen LogP contribution in [0.2, 0.25) is 0 Å². The molecule has 0 amide bonds. The molecule has 91 heavy (non-hydrogen) atoms. The molecule has 15 nitrogen and oxygen atoms in total. The summed E-state index contributed by atoms with van der Waals surface area (Å²) in [6, 6.07) is 69.1. The van der Waals surface area contributed by atoms with Crippen molar-refractivity contribution in [3.63, 3.8) is 0 Å². The van der Waals surface area contributed by atoms with Crippen molar-refractivity contribution in [2.45, 2.75) is 103 Å². The number of hydrogen-bond donors (Lipinski definition) is 4. The number of hydrogen-bond acceptors (Lipinski definition) is 10. The molecule has 0 aliphatic rings. The summed E-state index contributed by atoms with van der Waals surface area (Å²) in [4.78, 5) is 19.0. The summed E-state index contributed by atoms with van der Waals surface area (Å²) in [5.74, 6) is 2.17. The monoisotopic (exact) mass is 1590 g/mol. The Labute approximate surface area is 586 Å². The Hall–Kier alpha value is -6.24. The molecule has 0 bridgehead atoms. The van der Waals surface area contributed by atoms with Gasteiger partial charge in [-0.15, -0.1) is 0 Å². The number of halogens is 4. The first-order chi connectivity index (χ1) is 44.1. The number of nitro groups is 2. The van der Waals surface area contributed by atoms with Crippen molar-refractivity contribution >= 4 is 115 Å². The summed E-state index contributed by atoms with van der Waals surface area (Å²) >= 11 is 9.11. The summed E-state index contributed by atoms with van der Waals surface area (Å²) in [6.07, 6.45) is 18.6. The van der Waals surface area contributed by atoms with Crippen molar-refractivity contribution < 1.29 is 42.9 Å². The van der Waals surface area contributed by atoms with Crippen LogP contribution in [0, 0.1) is 20.2 Å².